The van der Waals surface area contributed by atoms with Gasteiger partial charge in [0.05, 0.1) is 25.4 Å². The third-order valence-corrected chi connectivity index (χ3v) is 11.1. The zero-order valence-electron chi connectivity index (χ0n) is 36.2. The molecule has 0 saturated carbocycles. The minimum Gasteiger partial charge on any atom is -0.466 e. The van der Waals surface area contributed by atoms with Crippen LogP contribution in [0.25, 0.3) is 0 Å². The van der Waals surface area contributed by atoms with Gasteiger partial charge >= 0.3 is 5.97 Å². The lowest BCUT2D eigenvalue weighted by Gasteiger charge is -2.20. The summed E-state index contributed by atoms with van der Waals surface area (Å²) in [6.07, 6.45) is 49.1. The number of hydrogen-bond donors (Lipinski definition) is 3. The van der Waals surface area contributed by atoms with E-state index in [0.29, 0.717) is 19.4 Å². The van der Waals surface area contributed by atoms with Crippen LogP contribution in [0.3, 0.4) is 0 Å². The van der Waals surface area contributed by atoms with Crippen LogP contribution >= 0.6 is 0 Å². The second kappa shape index (κ2) is 44.3. The van der Waals surface area contributed by atoms with Crippen molar-refractivity contribution >= 4 is 11.9 Å². The lowest BCUT2D eigenvalue weighted by atomic mass is 10.0. The van der Waals surface area contributed by atoms with Crippen molar-refractivity contribution in [3.05, 3.63) is 12.2 Å². The van der Waals surface area contributed by atoms with Crippen molar-refractivity contribution in [1.29, 1.82) is 0 Å². The van der Waals surface area contributed by atoms with Crippen molar-refractivity contribution in [3.8, 4) is 0 Å². The Morgan fingerprint density at radius 3 is 1.26 bits per heavy atom. The summed E-state index contributed by atoms with van der Waals surface area (Å²) in [5, 5.41) is 23.0. The first-order chi connectivity index (χ1) is 26.5. The Labute approximate surface area is 336 Å². The predicted octanol–water partition coefficient (Wildman–Crippen LogP) is 13.8. The first-order valence-corrected chi connectivity index (χ1v) is 24.0. The molecule has 0 aromatic carbocycles. The zero-order chi connectivity index (χ0) is 39.4. The average molecular weight is 764 g/mol. The van der Waals surface area contributed by atoms with Crippen LogP contribution in [-0.2, 0) is 14.3 Å². The van der Waals surface area contributed by atoms with Gasteiger partial charge in [0.1, 0.15) is 0 Å². The van der Waals surface area contributed by atoms with Crippen molar-refractivity contribution in [2.24, 2.45) is 0 Å². The van der Waals surface area contributed by atoms with Crippen LogP contribution < -0.4 is 5.32 Å². The van der Waals surface area contributed by atoms with E-state index < -0.39 is 12.1 Å². The highest BCUT2D eigenvalue weighted by Crippen LogP contribution is 2.16. The van der Waals surface area contributed by atoms with Crippen LogP contribution in [0.5, 0.6) is 0 Å². The van der Waals surface area contributed by atoms with E-state index in [-0.39, 0.29) is 18.5 Å². The van der Waals surface area contributed by atoms with Crippen molar-refractivity contribution in [1.82, 2.24) is 5.32 Å². The number of nitrogens with one attached hydrogen (secondary N) is 1. The molecule has 0 rings (SSSR count). The van der Waals surface area contributed by atoms with Gasteiger partial charge in [0.15, 0.2) is 0 Å². The molecule has 0 aromatic rings. The average Bonchev–Trinajstić information content (AvgIpc) is 3.17. The van der Waals surface area contributed by atoms with E-state index in [1.54, 1.807) is 6.08 Å². The van der Waals surface area contributed by atoms with Gasteiger partial charge in [-0.25, -0.2) is 0 Å². The Kier molecular flexibility index (Phi) is 43.2. The molecule has 0 aliphatic carbocycles. The van der Waals surface area contributed by atoms with Crippen LogP contribution in [0.15, 0.2) is 12.2 Å². The Hall–Kier alpha value is -1.40. The molecule has 6 nitrogen and oxygen atoms in total. The number of hydrogen-bond acceptors (Lipinski definition) is 5. The smallest absolute Gasteiger partial charge is 0.305 e. The van der Waals surface area contributed by atoms with Gasteiger partial charge in [-0.1, -0.05) is 225 Å². The predicted molar refractivity (Wildman–Crippen MR) is 232 cm³/mol. The minimum absolute atomic E-state index is 0.00965. The molecule has 2 atom stereocenters. The molecule has 0 heterocycles. The molecule has 320 valence electrons. The maximum Gasteiger partial charge on any atom is 0.305 e. The summed E-state index contributed by atoms with van der Waals surface area (Å²) >= 11 is 0. The maximum atomic E-state index is 12.4. The number of aliphatic hydroxyl groups excluding tert-OH is 2. The van der Waals surface area contributed by atoms with E-state index in [2.05, 4.69) is 19.2 Å². The summed E-state index contributed by atoms with van der Waals surface area (Å²) in [6, 6.07) is -0.636. The summed E-state index contributed by atoms with van der Waals surface area (Å²) in [5.74, 6) is -0.0936. The highest BCUT2D eigenvalue weighted by Gasteiger charge is 2.18. The van der Waals surface area contributed by atoms with E-state index in [9.17, 15) is 19.8 Å². The maximum absolute atomic E-state index is 12.4. The van der Waals surface area contributed by atoms with Gasteiger partial charge < -0.3 is 20.3 Å². The Morgan fingerprint density at radius 1 is 0.500 bits per heavy atom. The summed E-state index contributed by atoms with van der Waals surface area (Å²) in [5.41, 5.74) is 0. The molecule has 0 spiro atoms. The van der Waals surface area contributed by atoms with E-state index in [1.807, 2.05) is 6.08 Å². The molecular formula is C48H93NO5. The molecule has 2 unspecified atom stereocenters. The lowest BCUT2D eigenvalue weighted by Crippen LogP contribution is -2.45. The lowest BCUT2D eigenvalue weighted by molar-refractivity contribution is -0.143. The van der Waals surface area contributed by atoms with Crippen molar-refractivity contribution in [2.45, 2.75) is 270 Å². The highest BCUT2D eigenvalue weighted by atomic mass is 16.5. The number of rotatable bonds is 44. The van der Waals surface area contributed by atoms with Crippen LogP contribution in [0.2, 0.25) is 0 Å². The third-order valence-electron chi connectivity index (χ3n) is 11.1. The fourth-order valence-electron chi connectivity index (χ4n) is 7.34. The van der Waals surface area contributed by atoms with Crippen LogP contribution in [0.4, 0.5) is 0 Å². The topological polar surface area (TPSA) is 95.9 Å². The summed E-state index contributed by atoms with van der Waals surface area (Å²) in [6.45, 7) is 4.86. The van der Waals surface area contributed by atoms with E-state index in [4.69, 9.17) is 4.74 Å². The molecule has 0 aliphatic heterocycles. The number of carbonyl (C=O) groups excluding carboxylic acids is 2. The fourth-order valence-corrected chi connectivity index (χ4v) is 7.34. The molecule has 54 heavy (non-hydrogen) atoms. The van der Waals surface area contributed by atoms with Crippen LogP contribution in [-0.4, -0.2) is 47.4 Å². The standard InChI is InChI=1S/C48H93NO5/c1-3-5-7-9-11-13-15-17-22-26-30-34-38-42-48(53)54-43-39-35-31-27-23-19-18-21-25-29-33-37-41-47(52)49-45(44-50)46(51)40-36-32-28-24-20-16-14-12-10-8-6-4-2/h36,40,45-46,50-51H,3-35,37-39,41-44H2,1-2H3,(H,49,52)/b40-36+. The molecule has 0 bridgehead atoms. The summed E-state index contributed by atoms with van der Waals surface area (Å²) in [4.78, 5) is 24.4. The van der Waals surface area contributed by atoms with Crippen LogP contribution in [0, 0.1) is 0 Å². The molecule has 6 heteroatoms. The van der Waals surface area contributed by atoms with Gasteiger partial charge in [-0.15, -0.1) is 0 Å². The van der Waals surface area contributed by atoms with Gasteiger partial charge in [-0.2, -0.15) is 0 Å². The zero-order valence-corrected chi connectivity index (χ0v) is 36.2. The number of allylic oxidation sites excluding steroid dienone is 1. The molecule has 0 radical (unpaired) electrons. The monoisotopic (exact) mass is 764 g/mol. The molecule has 3 N–H and O–H groups in total. The molecule has 1 amide bonds. The first kappa shape index (κ1) is 52.6. The number of unbranched alkanes of at least 4 members (excludes halogenated alkanes) is 33. The second-order valence-corrected chi connectivity index (χ2v) is 16.5. The van der Waals surface area contributed by atoms with E-state index in [0.717, 1.165) is 57.8 Å². The largest absolute Gasteiger partial charge is 0.466 e. The Balaban J connectivity index is 3.48. The number of amides is 1. The van der Waals surface area contributed by atoms with Gasteiger partial charge in [0.2, 0.25) is 5.91 Å². The normalized spacial score (nSPS) is 12.7. The number of carbonyl (C=O) groups is 2. The first-order valence-electron chi connectivity index (χ1n) is 24.0. The molecule has 0 aromatic heterocycles. The Bertz CT molecular complexity index is 802. The second-order valence-electron chi connectivity index (χ2n) is 16.5. The van der Waals surface area contributed by atoms with Crippen molar-refractivity contribution in [3.63, 3.8) is 0 Å². The van der Waals surface area contributed by atoms with E-state index in [1.165, 1.54) is 173 Å². The fraction of sp³-hybridized carbons (Fsp3) is 0.917. The molecule has 0 fully saturated rings. The summed E-state index contributed by atoms with van der Waals surface area (Å²) < 4.78 is 5.45. The van der Waals surface area contributed by atoms with E-state index >= 15 is 0 Å². The number of esters is 1. The Morgan fingerprint density at radius 2 is 0.852 bits per heavy atom. The number of ether oxygens (including phenoxy) is 1. The molecular weight excluding hydrogens is 671 g/mol. The number of aliphatic hydroxyl groups is 2. The van der Waals surface area contributed by atoms with Crippen molar-refractivity contribution < 1.29 is 24.5 Å². The van der Waals surface area contributed by atoms with Gasteiger partial charge in [0, 0.05) is 12.8 Å². The third kappa shape index (κ3) is 40.3. The van der Waals surface area contributed by atoms with Gasteiger partial charge in [0.25, 0.3) is 0 Å². The summed E-state index contributed by atoms with van der Waals surface area (Å²) in [7, 11) is 0. The SMILES string of the molecule is CCCCCCCCCCCC/C=C/C(O)C(CO)NC(=O)CCCCCCCCCCCCCCOC(=O)CCCCCCCCCCCCCCC. The van der Waals surface area contributed by atoms with Crippen LogP contribution in [0.1, 0.15) is 258 Å². The quantitative estimate of drug-likeness (QED) is 0.0326. The molecule has 0 saturated heterocycles. The van der Waals surface area contributed by atoms with Crippen molar-refractivity contribution in [2.75, 3.05) is 13.2 Å². The highest BCUT2D eigenvalue weighted by molar-refractivity contribution is 5.76. The van der Waals surface area contributed by atoms with Gasteiger partial charge in [-0.3, -0.25) is 9.59 Å². The van der Waals surface area contributed by atoms with Gasteiger partial charge in [-0.05, 0) is 32.1 Å². The molecule has 0 aliphatic rings. The minimum atomic E-state index is -0.852.